The Morgan fingerprint density at radius 2 is 1.79 bits per heavy atom. The van der Waals surface area contributed by atoms with E-state index in [2.05, 4.69) is 10.1 Å². The predicted octanol–water partition coefficient (Wildman–Crippen LogP) is 3.13. The van der Waals surface area contributed by atoms with Gasteiger partial charge in [0.1, 0.15) is 0 Å². The molecule has 9 heteroatoms. The largest absolute Gasteiger partial charge is 0.465 e. The molecule has 2 aromatic rings. The number of carbonyl (C=O) groups is 4. The Morgan fingerprint density at radius 1 is 1.14 bits per heavy atom. The van der Waals surface area contributed by atoms with Crippen LogP contribution in [0.5, 0.6) is 0 Å². The number of amides is 3. The minimum absolute atomic E-state index is 0.0104. The number of benzene rings is 2. The summed E-state index contributed by atoms with van der Waals surface area (Å²) in [5.41, 5.74) is 1.29. The summed E-state index contributed by atoms with van der Waals surface area (Å²) in [6.45, 7) is 0. The van der Waals surface area contributed by atoms with Crippen LogP contribution < -0.4 is 10.2 Å². The molecule has 0 aliphatic carbocycles. The second-order valence-corrected chi connectivity index (χ2v) is 7.79. The number of nitrogens with one attached hydrogen (secondary N) is 1. The lowest BCUT2D eigenvalue weighted by atomic mass is 10.2. The van der Waals surface area contributed by atoms with Crippen LogP contribution in [0.3, 0.4) is 0 Å². The van der Waals surface area contributed by atoms with Crippen LogP contribution in [0.25, 0.3) is 0 Å². The summed E-state index contributed by atoms with van der Waals surface area (Å²) in [7, 11) is 1.27. The summed E-state index contributed by atoms with van der Waals surface area (Å²) in [5.74, 6) is -1.49. The number of halogens is 1. The average molecular weight is 433 g/mol. The molecule has 3 amide bonds. The molecule has 1 atom stereocenters. The molecule has 0 unspecified atom stereocenters. The maximum absolute atomic E-state index is 12.6. The van der Waals surface area contributed by atoms with Crippen molar-refractivity contribution in [3.05, 3.63) is 59.1 Å². The molecule has 3 rings (SSSR count). The summed E-state index contributed by atoms with van der Waals surface area (Å²) in [5, 5.41) is 2.63. The van der Waals surface area contributed by atoms with E-state index < -0.39 is 11.2 Å². The Balaban J connectivity index is 1.59. The monoisotopic (exact) mass is 432 g/mol. The number of hydrogen-bond acceptors (Lipinski definition) is 6. The summed E-state index contributed by atoms with van der Waals surface area (Å²) >= 11 is 6.92. The summed E-state index contributed by atoms with van der Waals surface area (Å²) < 4.78 is 4.63. The lowest BCUT2D eigenvalue weighted by molar-refractivity contribution is -0.121. The zero-order valence-electron chi connectivity index (χ0n) is 15.4. The molecule has 1 heterocycles. The van der Waals surface area contributed by atoms with Crippen molar-refractivity contribution in [2.24, 2.45) is 0 Å². The fourth-order valence-corrected chi connectivity index (χ4v) is 3.84. The zero-order valence-corrected chi connectivity index (χ0v) is 17.0. The molecule has 1 N–H and O–H groups in total. The van der Waals surface area contributed by atoms with Crippen LogP contribution in [0.2, 0.25) is 5.02 Å². The van der Waals surface area contributed by atoms with E-state index >= 15 is 0 Å². The number of esters is 1. The van der Waals surface area contributed by atoms with Crippen LogP contribution in [0.1, 0.15) is 16.8 Å². The first kappa shape index (κ1) is 20.9. The number of ether oxygens (including phenoxy) is 1. The molecule has 29 heavy (non-hydrogen) atoms. The normalized spacial score (nSPS) is 16.1. The number of thioether (sulfide) groups is 1. The van der Waals surface area contributed by atoms with Gasteiger partial charge in [-0.1, -0.05) is 11.6 Å². The molecule has 7 nitrogen and oxygen atoms in total. The van der Waals surface area contributed by atoms with Gasteiger partial charge in [-0.15, -0.1) is 11.8 Å². The number of anilines is 2. The Labute approximate surface area is 176 Å². The smallest absolute Gasteiger partial charge is 0.337 e. The highest BCUT2D eigenvalue weighted by Crippen LogP contribution is 2.30. The maximum atomic E-state index is 12.6. The number of nitrogens with zero attached hydrogens (tertiary/aromatic N) is 1. The molecular formula is C20H17ClN2O5S. The highest BCUT2D eigenvalue weighted by Gasteiger charge is 2.40. The standard InChI is InChI=1S/C20H17ClN2O5S/c1-28-20(27)12-2-8-15(9-3-12)23-18(25)10-16(19(23)26)29-11-17(24)22-14-6-4-13(21)5-7-14/h2-9,16H,10-11H2,1H3,(H,22,24)/t16-/m0/s1. The second kappa shape index (κ2) is 9.11. The Hall–Kier alpha value is -2.84. The fraction of sp³-hybridized carbons (Fsp3) is 0.200. The third-order valence-electron chi connectivity index (χ3n) is 4.20. The molecule has 1 aliphatic heterocycles. The minimum Gasteiger partial charge on any atom is -0.465 e. The van der Waals surface area contributed by atoms with E-state index in [-0.39, 0.29) is 29.9 Å². The maximum Gasteiger partial charge on any atom is 0.337 e. The molecule has 150 valence electrons. The molecule has 0 spiro atoms. The molecular weight excluding hydrogens is 416 g/mol. The fourth-order valence-electron chi connectivity index (χ4n) is 2.78. The van der Waals surface area contributed by atoms with Crippen LogP contribution in [-0.2, 0) is 19.1 Å². The lowest BCUT2D eigenvalue weighted by Crippen LogP contribution is -2.31. The molecule has 0 radical (unpaired) electrons. The van der Waals surface area contributed by atoms with Gasteiger partial charge < -0.3 is 10.1 Å². The van der Waals surface area contributed by atoms with Gasteiger partial charge in [0.2, 0.25) is 17.7 Å². The molecule has 0 saturated carbocycles. The molecule has 0 aromatic heterocycles. The van der Waals surface area contributed by atoms with Gasteiger partial charge in [-0.05, 0) is 48.5 Å². The molecule has 1 fully saturated rings. The number of hydrogen-bond donors (Lipinski definition) is 1. The Kier molecular flexibility index (Phi) is 6.56. The van der Waals surface area contributed by atoms with Crippen molar-refractivity contribution < 1.29 is 23.9 Å². The molecule has 2 aromatic carbocycles. The van der Waals surface area contributed by atoms with Crippen molar-refractivity contribution in [2.75, 3.05) is 23.1 Å². The third kappa shape index (κ3) is 4.96. The van der Waals surface area contributed by atoms with Crippen molar-refractivity contribution >= 4 is 58.4 Å². The average Bonchev–Trinajstić information content (AvgIpc) is 3.01. The van der Waals surface area contributed by atoms with Crippen molar-refractivity contribution in [1.82, 2.24) is 0 Å². The first-order valence-corrected chi connectivity index (χ1v) is 10.0. The van der Waals surface area contributed by atoms with Crippen molar-refractivity contribution in [2.45, 2.75) is 11.7 Å². The van der Waals surface area contributed by atoms with Crippen LogP contribution >= 0.6 is 23.4 Å². The quantitative estimate of drug-likeness (QED) is 0.557. The van der Waals surface area contributed by atoms with Gasteiger partial charge in [0.15, 0.2) is 0 Å². The lowest BCUT2D eigenvalue weighted by Gasteiger charge is -2.15. The van der Waals surface area contributed by atoms with E-state index in [1.54, 1.807) is 24.3 Å². The van der Waals surface area contributed by atoms with Crippen molar-refractivity contribution in [3.8, 4) is 0 Å². The van der Waals surface area contributed by atoms with Gasteiger partial charge >= 0.3 is 5.97 Å². The SMILES string of the molecule is COC(=O)c1ccc(N2C(=O)C[C@H](SCC(=O)Nc3ccc(Cl)cc3)C2=O)cc1. The van der Waals surface area contributed by atoms with E-state index in [1.165, 1.54) is 31.4 Å². The highest BCUT2D eigenvalue weighted by atomic mass is 35.5. The number of imide groups is 1. The number of methoxy groups -OCH3 is 1. The number of carbonyl (C=O) groups excluding carboxylic acids is 4. The van der Waals surface area contributed by atoms with Gasteiger partial charge in [-0.3, -0.25) is 14.4 Å². The van der Waals surface area contributed by atoms with Crippen molar-refractivity contribution in [1.29, 1.82) is 0 Å². The van der Waals surface area contributed by atoms with Gasteiger partial charge in [0.25, 0.3) is 0 Å². The van der Waals surface area contributed by atoms with E-state index in [1.807, 2.05) is 0 Å². The second-order valence-electron chi connectivity index (χ2n) is 6.16. The molecule has 0 bridgehead atoms. The van der Waals surface area contributed by atoms with Crippen LogP contribution in [-0.4, -0.2) is 41.8 Å². The summed E-state index contributed by atoms with van der Waals surface area (Å²) in [4.78, 5) is 49.7. The summed E-state index contributed by atoms with van der Waals surface area (Å²) in [6, 6.07) is 12.7. The van der Waals surface area contributed by atoms with Gasteiger partial charge in [-0.25, -0.2) is 9.69 Å². The first-order chi connectivity index (χ1) is 13.9. The van der Waals surface area contributed by atoms with Crippen molar-refractivity contribution in [3.63, 3.8) is 0 Å². The highest BCUT2D eigenvalue weighted by molar-refractivity contribution is 8.01. The third-order valence-corrected chi connectivity index (χ3v) is 5.65. The van der Waals surface area contributed by atoms with Crippen LogP contribution in [0.4, 0.5) is 11.4 Å². The van der Waals surface area contributed by atoms with Gasteiger partial charge in [0.05, 0.1) is 29.4 Å². The van der Waals surface area contributed by atoms with E-state index in [4.69, 9.17) is 11.6 Å². The molecule has 1 aliphatic rings. The van der Waals surface area contributed by atoms with Gasteiger partial charge in [0, 0.05) is 17.1 Å². The van der Waals surface area contributed by atoms with E-state index in [9.17, 15) is 19.2 Å². The molecule has 1 saturated heterocycles. The van der Waals surface area contributed by atoms with E-state index in [0.717, 1.165) is 16.7 Å². The summed E-state index contributed by atoms with van der Waals surface area (Å²) in [6.07, 6.45) is 0.0104. The Bertz CT molecular complexity index is 946. The first-order valence-electron chi connectivity index (χ1n) is 8.61. The zero-order chi connectivity index (χ0) is 21.0. The Morgan fingerprint density at radius 3 is 2.41 bits per heavy atom. The van der Waals surface area contributed by atoms with Crippen LogP contribution in [0, 0.1) is 0 Å². The van der Waals surface area contributed by atoms with E-state index in [0.29, 0.717) is 22.0 Å². The topological polar surface area (TPSA) is 92.8 Å². The number of rotatable bonds is 6. The van der Waals surface area contributed by atoms with Crippen LogP contribution in [0.15, 0.2) is 48.5 Å². The minimum atomic E-state index is -0.640. The predicted molar refractivity (Wildman–Crippen MR) is 111 cm³/mol. The van der Waals surface area contributed by atoms with Gasteiger partial charge in [-0.2, -0.15) is 0 Å².